The number of imidazole rings is 1. The van der Waals surface area contributed by atoms with Gasteiger partial charge in [-0.15, -0.1) is 0 Å². The number of benzene rings is 2. The zero-order chi connectivity index (χ0) is 21.3. The van der Waals surface area contributed by atoms with Gasteiger partial charge < -0.3 is 14.4 Å². The number of hydrogen-bond acceptors (Lipinski definition) is 5. The van der Waals surface area contributed by atoms with Crippen molar-refractivity contribution in [2.75, 3.05) is 31.1 Å². The van der Waals surface area contributed by atoms with E-state index in [2.05, 4.69) is 22.0 Å². The van der Waals surface area contributed by atoms with Gasteiger partial charge in [0, 0.05) is 31.9 Å². The highest BCUT2D eigenvalue weighted by Gasteiger charge is 2.29. The maximum absolute atomic E-state index is 13.1. The Hall–Kier alpha value is -2.87. The number of amides is 1. The Morgan fingerprint density at radius 1 is 0.967 bits per heavy atom. The molecule has 1 aliphatic rings. The van der Waals surface area contributed by atoms with Gasteiger partial charge in [0.15, 0.2) is 0 Å². The summed E-state index contributed by atoms with van der Waals surface area (Å²) in [6.07, 6.45) is 0. The molecule has 0 atom stereocenters. The topological polar surface area (TPSA) is 75.5 Å². The normalized spacial score (nSPS) is 15.2. The van der Waals surface area contributed by atoms with Crippen LogP contribution in [0.5, 0.6) is 0 Å². The molecule has 0 N–H and O–H groups in total. The lowest BCUT2D eigenvalue weighted by atomic mass is 10.2. The van der Waals surface area contributed by atoms with Gasteiger partial charge in [-0.05, 0) is 38.1 Å². The van der Waals surface area contributed by atoms with Crippen LogP contribution < -0.4 is 4.90 Å². The number of aromatic nitrogens is 2. The molecule has 0 spiro atoms. The van der Waals surface area contributed by atoms with Gasteiger partial charge in [0.05, 0.1) is 16.3 Å². The maximum atomic E-state index is 13.1. The van der Waals surface area contributed by atoms with Crippen LogP contribution in [0.1, 0.15) is 13.8 Å². The molecule has 2 heterocycles. The number of sulfone groups is 1. The summed E-state index contributed by atoms with van der Waals surface area (Å²) in [4.78, 5) is 21.5. The third-order valence-corrected chi connectivity index (χ3v) is 7.60. The van der Waals surface area contributed by atoms with Crippen LogP contribution in [0.4, 0.5) is 5.69 Å². The number of carbonyl (C=O) groups is 1. The van der Waals surface area contributed by atoms with E-state index in [1.54, 1.807) is 29.4 Å². The molecule has 3 aromatic rings. The van der Waals surface area contributed by atoms with Crippen LogP contribution >= 0.6 is 0 Å². The number of anilines is 1. The lowest BCUT2D eigenvalue weighted by molar-refractivity contribution is -0.132. The summed E-state index contributed by atoms with van der Waals surface area (Å²) in [6.45, 7) is 5.93. The predicted molar refractivity (Wildman–Crippen MR) is 117 cm³/mol. The molecule has 1 amide bonds. The Bertz CT molecular complexity index is 1150. The molecule has 30 heavy (non-hydrogen) atoms. The van der Waals surface area contributed by atoms with Crippen molar-refractivity contribution in [3.8, 4) is 0 Å². The second kappa shape index (κ2) is 8.10. The van der Waals surface area contributed by atoms with Crippen molar-refractivity contribution >= 4 is 32.5 Å². The van der Waals surface area contributed by atoms with Gasteiger partial charge in [-0.2, -0.15) is 0 Å². The lowest BCUT2D eigenvalue weighted by Gasteiger charge is -2.36. The van der Waals surface area contributed by atoms with Crippen LogP contribution in [0, 0.1) is 0 Å². The number of rotatable bonds is 5. The zero-order valence-corrected chi connectivity index (χ0v) is 18.0. The molecular weight excluding hydrogens is 400 g/mol. The summed E-state index contributed by atoms with van der Waals surface area (Å²) < 4.78 is 27.3. The highest BCUT2D eigenvalue weighted by molar-refractivity contribution is 7.91. The second-order valence-electron chi connectivity index (χ2n) is 7.77. The van der Waals surface area contributed by atoms with Gasteiger partial charge >= 0.3 is 0 Å². The standard InChI is InChI=1S/C22H26N4O3S/c1-17(2)30(28,29)22-23-19-10-6-7-11-20(19)26(22)16-21(27)25-14-12-24(13-15-25)18-8-4-3-5-9-18/h3-11,17H,12-16H2,1-2H3. The van der Waals surface area contributed by atoms with Crippen molar-refractivity contribution in [3.63, 3.8) is 0 Å². The Morgan fingerprint density at radius 2 is 1.60 bits per heavy atom. The molecular formula is C22H26N4O3S. The number of piperazine rings is 1. The van der Waals surface area contributed by atoms with Crippen molar-refractivity contribution in [2.24, 2.45) is 0 Å². The van der Waals surface area contributed by atoms with Gasteiger partial charge in [0.25, 0.3) is 0 Å². The second-order valence-corrected chi connectivity index (χ2v) is 10.2. The third kappa shape index (κ3) is 3.79. The molecule has 0 radical (unpaired) electrons. The van der Waals surface area contributed by atoms with Crippen molar-refractivity contribution in [2.45, 2.75) is 30.8 Å². The fourth-order valence-corrected chi connectivity index (χ4v) is 4.84. The molecule has 1 aromatic heterocycles. The lowest BCUT2D eigenvalue weighted by Crippen LogP contribution is -2.49. The molecule has 0 saturated carbocycles. The number of hydrogen-bond donors (Lipinski definition) is 0. The Morgan fingerprint density at radius 3 is 2.27 bits per heavy atom. The summed E-state index contributed by atoms with van der Waals surface area (Å²) in [7, 11) is -3.62. The first-order chi connectivity index (χ1) is 14.4. The largest absolute Gasteiger partial charge is 0.368 e. The molecule has 0 unspecified atom stereocenters. The van der Waals surface area contributed by atoms with Crippen molar-refractivity contribution < 1.29 is 13.2 Å². The summed E-state index contributed by atoms with van der Waals surface area (Å²) >= 11 is 0. The van der Waals surface area contributed by atoms with E-state index < -0.39 is 15.1 Å². The minimum absolute atomic E-state index is 0.0324. The van der Waals surface area contributed by atoms with Crippen LogP contribution in [0.3, 0.4) is 0 Å². The third-order valence-electron chi connectivity index (χ3n) is 5.54. The highest BCUT2D eigenvalue weighted by Crippen LogP contribution is 2.23. The quantitative estimate of drug-likeness (QED) is 0.627. The average molecular weight is 427 g/mol. The summed E-state index contributed by atoms with van der Waals surface area (Å²) in [5.41, 5.74) is 2.39. The summed E-state index contributed by atoms with van der Waals surface area (Å²) in [5.74, 6) is -0.0916. The van der Waals surface area contributed by atoms with Crippen molar-refractivity contribution in [3.05, 3.63) is 54.6 Å². The smallest absolute Gasteiger partial charge is 0.242 e. The van der Waals surface area contributed by atoms with E-state index in [0.717, 1.165) is 18.8 Å². The monoisotopic (exact) mass is 426 g/mol. The van der Waals surface area contributed by atoms with E-state index in [1.165, 1.54) is 0 Å². The van der Waals surface area contributed by atoms with E-state index >= 15 is 0 Å². The number of fused-ring (bicyclic) bond motifs is 1. The molecule has 8 heteroatoms. The van der Waals surface area contributed by atoms with Crippen molar-refractivity contribution in [1.82, 2.24) is 14.5 Å². The molecule has 4 rings (SSSR count). The van der Waals surface area contributed by atoms with E-state index in [9.17, 15) is 13.2 Å². The minimum Gasteiger partial charge on any atom is -0.368 e. The number of carbonyl (C=O) groups excluding carboxylic acids is 1. The van der Waals surface area contributed by atoms with E-state index in [-0.39, 0.29) is 17.6 Å². The molecule has 1 fully saturated rings. The van der Waals surface area contributed by atoms with Crippen molar-refractivity contribution in [1.29, 1.82) is 0 Å². The first-order valence-electron chi connectivity index (χ1n) is 10.1. The molecule has 2 aromatic carbocycles. The molecule has 7 nitrogen and oxygen atoms in total. The number of para-hydroxylation sites is 3. The van der Waals surface area contributed by atoms with Crippen LogP contribution in [-0.4, -0.2) is 60.2 Å². The summed E-state index contributed by atoms with van der Waals surface area (Å²) in [6, 6.07) is 17.4. The molecule has 1 saturated heterocycles. The van der Waals surface area contributed by atoms with Gasteiger partial charge in [0.2, 0.25) is 20.9 Å². The van der Waals surface area contributed by atoms with Gasteiger partial charge in [-0.25, -0.2) is 13.4 Å². The zero-order valence-electron chi connectivity index (χ0n) is 17.2. The Balaban J connectivity index is 1.55. The molecule has 0 aliphatic carbocycles. The van der Waals surface area contributed by atoms with Gasteiger partial charge in [0.1, 0.15) is 6.54 Å². The Kier molecular flexibility index (Phi) is 5.51. The van der Waals surface area contributed by atoms with Gasteiger partial charge in [-0.3, -0.25) is 4.79 Å². The van der Waals surface area contributed by atoms with Crippen LogP contribution in [-0.2, 0) is 21.2 Å². The maximum Gasteiger partial charge on any atom is 0.242 e. The van der Waals surface area contributed by atoms with Gasteiger partial charge in [-0.1, -0.05) is 30.3 Å². The van der Waals surface area contributed by atoms with E-state index in [0.29, 0.717) is 24.1 Å². The minimum atomic E-state index is -3.62. The number of nitrogens with zero attached hydrogens (tertiary/aromatic N) is 4. The fraction of sp³-hybridized carbons (Fsp3) is 0.364. The van der Waals surface area contributed by atoms with Crippen LogP contribution in [0.25, 0.3) is 11.0 Å². The molecule has 1 aliphatic heterocycles. The summed E-state index contributed by atoms with van der Waals surface area (Å²) in [5, 5.41) is -0.646. The SMILES string of the molecule is CC(C)S(=O)(=O)c1nc2ccccc2n1CC(=O)N1CCN(c2ccccc2)CC1. The Labute approximate surface area is 176 Å². The average Bonchev–Trinajstić information content (AvgIpc) is 3.13. The molecule has 158 valence electrons. The van der Waals surface area contributed by atoms with E-state index in [1.807, 2.05) is 36.4 Å². The van der Waals surface area contributed by atoms with Crippen LogP contribution in [0.15, 0.2) is 59.8 Å². The van der Waals surface area contributed by atoms with E-state index in [4.69, 9.17) is 0 Å². The first kappa shape index (κ1) is 20.4. The predicted octanol–water partition coefficient (Wildman–Crippen LogP) is 2.57. The fourth-order valence-electron chi connectivity index (χ4n) is 3.72. The highest BCUT2D eigenvalue weighted by atomic mass is 32.2. The van der Waals surface area contributed by atoms with Crippen LogP contribution in [0.2, 0.25) is 0 Å². The molecule has 0 bridgehead atoms. The first-order valence-corrected chi connectivity index (χ1v) is 11.7.